The van der Waals surface area contributed by atoms with E-state index in [1.807, 2.05) is 16.7 Å². The second-order valence-electron chi connectivity index (χ2n) is 6.57. The Hall–Kier alpha value is -1.42. The van der Waals surface area contributed by atoms with Crippen LogP contribution in [0.3, 0.4) is 0 Å². The van der Waals surface area contributed by atoms with E-state index in [9.17, 15) is 9.50 Å². The van der Waals surface area contributed by atoms with Crippen molar-refractivity contribution in [1.29, 1.82) is 0 Å². The van der Waals surface area contributed by atoms with E-state index in [1.54, 1.807) is 12.5 Å². The Morgan fingerprint density at radius 2 is 2.05 bits per heavy atom. The summed E-state index contributed by atoms with van der Waals surface area (Å²) in [6, 6.07) is 1.97. The Bertz CT molecular complexity index is 647. The molecule has 112 valence electrons. The lowest BCUT2D eigenvalue weighted by atomic mass is 9.81. The zero-order chi connectivity index (χ0) is 14.4. The smallest absolute Gasteiger partial charge is 0.108 e. The van der Waals surface area contributed by atoms with Crippen molar-refractivity contribution in [3.8, 4) is 0 Å². The van der Waals surface area contributed by atoms with Crippen LogP contribution in [0, 0.1) is 5.92 Å². The van der Waals surface area contributed by atoms with E-state index in [0.717, 1.165) is 29.5 Å². The van der Waals surface area contributed by atoms with Crippen molar-refractivity contribution in [3.05, 3.63) is 35.9 Å². The second kappa shape index (κ2) is 5.09. The number of aliphatic hydroxyl groups excluding tert-OH is 1. The van der Waals surface area contributed by atoms with Crippen LogP contribution >= 0.6 is 0 Å². The van der Waals surface area contributed by atoms with Crippen molar-refractivity contribution < 1.29 is 9.50 Å². The molecule has 2 aliphatic carbocycles. The lowest BCUT2D eigenvalue weighted by molar-refractivity contribution is 0.0849. The highest BCUT2D eigenvalue weighted by Gasteiger charge is 2.42. The second-order valence-corrected chi connectivity index (χ2v) is 6.57. The van der Waals surface area contributed by atoms with Crippen LogP contribution in [-0.2, 0) is 0 Å². The molecule has 0 bridgehead atoms. The van der Waals surface area contributed by atoms with Gasteiger partial charge in [0.15, 0.2) is 0 Å². The summed E-state index contributed by atoms with van der Waals surface area (Å²) in [7, 11) is 0. The molecular weight excluding hydrogens is 267 g/mol. The van der Waals surface area contributed by atoms with Crippen LogP contribution in [-0.4, -0.2) is 20.7 Å². The number of rotatable bonds is 3. The van der Waals surface area contributed by atoms with E-state index >= 15 is 0 Å². The number of pyridine rings is 1. The van der Waals surface area contributed by atoms with Gasteiger partial charge in [-0.1, -0.05) is 19.3 Å². The van der Waals surface area contributed by atoms with Gasteiger partial charge in [0.25, 0.3) is 0 Å². The van der Waals surface area contributed by atoms with Gasteiger partial charge in [-0.15, -0.1) is 0 Å². The topological polar surface area (TPSA) is 37.5 Å². The van der Waals surface area contributed by atoms with Gasteiger partial charge in [-0.05, 0) is 36.8 Å². The third kappa shape index (κ3) is 2.26. The number of hydrogen-bond acceptors (Lipinski definition) is 2. The standard InChI is InChI=1S/C17H21FN2O/c18-14-8-13(14)12-6-7-20-10-19-9-15(20)16(12)17(21)11-4-2-1-3-5-11/h6-7,9-11,13-14,17,21H,1-5,8H2. The lowest BCUT2D eigenvalue weighted by Crippen LogP contribution is -2.18. The quantitative estimate of drug-likeness (QED) is 0.933. The van der Waals surface area contributed by atoms with Crippen molar-refractivity contribution in [2.75, 3.05) is 0 Å². The third-order valence-electron chi connectivity index (χ3n) is 5.17. The van der Waals surface area contributed by atoms with Crippen molar-refractivity contribution in [3.63, 3.8) is 0 Å². The highest BCUT2D eigenvalue weighted by Crippen LogP contribution is 2.48. The van der Waals surface area contributed by atoms with Gasteiger partial charge in [0, 0.05) is 17.7 Å². The van der Waals surface area contributed by atoms with E-state index < -0.39 is 12.3 Å². The predicted molar refractivity (Wildman–Crippen MR) is 79.0 cm³/mol. The van der Waals surface area contributed by atoms with E-state index in [1.165, 1.54) is 19.3 Å². The molecule has 0 radical (unpaired) electrons. The molecule has 0 amide bonds. The number of aromatic nitrogens is 2. The maximum atomic E-state index is 13.6. The molecule has 3 unspecified atom stereocenters. The largest absolute Gasteiger partial charge is 0.388 e. The number of fused-ring (bicyclic) bond motifs is 1. The van der Waals surface area contributed by atoms with Gasteiger partial charge in [0.1, 0.15) is 6.17 Å². The maximum Gasteiger partial charge on any atom is 0.108 e. The molecule has 3 atom stereocenters. The Morgan fingerprint density at radius 3 is 2.76 bits per heavy atom. The third-order valence-corrected chi connectivity index (χ3v) is 5.17. The van der Waals surface area contributed by atoms with Crippen LogP contribution in [0.4, 0.5) is 4.39 Å². The first kappa shape index (κ1) is 13.3. The monoisotopic (exact) mass is 288 g/mol. The molecule has 21 heavy (non-hydrogen) atoms. The number of nitrogens with zero attached hydrogens (tertiary/aromatic N) is 2. The lowest BCUT2D eigenvalue weighted by Gasteiger charge is -2.28. The Morgan fingerprint density at radius 1 is 1.29 bits per heavy atom. The summed E-state index contributed by atoms with van der Waals surface area (Å²) >= 11 is 0. The molecular formula is C17H21FN2O. The summed E-state index contributed by atoms with van der Waals surface area (Å²) in [4.78, 5) is 4.19. The highest BCUT2D eigenvalue weighted by molar-refractivity contribution is 5.59. The van der Waals surface area contributed by atoms with Gasteiger partial charge in [-0.25, -0.2) is 9.37 Å². The average Bonchev–Trinajstić information content (AvgIpc) is 3.06. The zero-order valence-electron chi connectivity index (χ0n) is 12.1. The molecule has 3 nitrogen and oxygen atoms in total. The zero-order valence-corrected chi connectivity index (χ0v) is 12.1. The van der Waals surface area contributed by atoms with Crippen LogP contribution in [0.15, 0.2) is 24.8 Å². The van der Waals surface area contributed by atoms with Gasteiger partial charge in [-0.3, -0.25) is 0 Å². The number of hydrogen-bond donors (Lipinski definition) is 1. The molecule has 2 aliphatic rings. The number of aliphatic hydroxyl groups is 1. The normalized spacial score (nSPS) is 27.9. The van der Waals surface area contributed by atoms with Gasteiger partial charge in [-0.2, -0.15) is 0 Å². The fourth-order valence-electron chi connectivity index (χ4n) is 3.85. The van der Waals surface area contributed by atoms with Crippen LogP contribution in [0.1, 0.15) is 61.7 Å². The summed E-state index contributed by atoms with van der Waals surface area (Å²) in [5.41, 5.74) is 2.85. The van der Waals surface area contributed by atoms with Crippen LogP contribution in [0.2, 0.25) is 0 Å². The summed E-state index contributed by atoms with van der Waals surface area (Å²) < 4.78 is 15.5. The minimum absolute atomic E-state index is 0.0295. The van der Waals surface area contributed by atoms with Crippen LogP contribution < -0.4 is 0 Å². The molecule has 2 aromatic heterocycles. The Labute approximate surface area is 123 Å². The summed E-state index contributed by atoms with van der Waals surface area (Å²) in [5.74, 6) is 0.272. The molecule has 1 N–H and O–H groups in total. The van der Waals surface area contributed by atoms with E-state index in [2.05, 4.69) is 4.98 Å². The van der Waals surface area contributed by atoms with Crippen molar-refractivity contribution >= 4 is 5.52 Å². The Balaban J connectivity index is 1.78. The van der Waals surface area contributed by atoms with Gasteiger partial charge >= 0.3 is 0 Å². The minimum atomic E-state index is -0.743. The van der Waals surface area contributed by atoms with Crippen molar-refractivity contribution in [2.45, 2.75) is 56.7 Å². The van der Waals surface area contributed by atoms with E-state index in [0.29, 0.717) is 12.3 Å². The summed E-state index contributed by atoms with van der Waals surface area (Å²) in [6.07, 6.45) is 10.6. The van der Waals surface area contributed by atoms with Gasteiger partial charge in [0.05, 0.1) is 24.1 Å². The fraction of sp³-hybridized carbons (Fsp3) is 0.588. The number of alkyl halides is 1. The van der Waals surface area contributed by atoms with Crippen LogP contribution in [0.5, 0.6) is 0 Å². The fourth-order valence-corrected chi connectivity index (χ4v) is 3.85. The minimum Gasteiger partial charge on any atom is -0.388 e. The molecule has 2 heterocycles. The summed E-state index contributed by atoms with van der Waals surface area (Å²) in [6.45, 7) is 0. The van der Waals surface area contributed by atoms with Crippen molar-refractivity contribution in [1.82, 2.24) is 9.38 Å². The van der Waals surface area contributed by atoms with Gasteiger partial charge < -0.3 is 9.51 Å². The summed E-state index contributed by atoms with van der Waals surface area (Å²) in [5, 5.41) is 10.9. The first-order chi connectivity index (χ1) is 10.3. The molecule has 4 rings (SSSR count). The van der Waals surface area contributed by atoms with Crippen molar-refractivity contribution in [2.24, 2.45) is 5.92 Å². The molecule has 0 aliphatic heterocycles. The first-order valence-corrected chi connectivity index (χ1v) is 8.02. The molecule has 2 saturated carbocycles. The molecule has 0 spiro atoms. The SMILES string of the molecule is OC(c1c(C2CC2F)ccn2cncc12)C1CCCCC1. The molecule has 2 aromatic rings. The molecule has 0 aromatic carbocycles. The first-order valence-electron chi connectivity index (χ1n) is 8.02. The molecule has 2 fully saturated rings. The Kier molecular flexibility index (Phi) is 3.21. The number of imidazole rings is 1. The molecule has 0 saturated heterocycles. The van der Waals surface area contributed by atoms with E-state index in [4.69, 9.17) is 0 Å². The van der Waals surface area contributed by atoms with Gasteiger partial charge in [0.2, 0.25) is 0 Å². The predicted octanol–water partition coefficient (Wildman–Crippen LogP) is 3.77. The maximum absolute atomic E-state index is 13.6. The average molecular weight is 288 g/mol. The van der Waals surface area contributed by atoms with E-state index in [-0.39, 0.29) is 5.92 Å². The highest BCUT2D eigenvalue weighted by atomic mass is 19.1. The molecule has 4 heteroatoms. The number of halogens is 1. The van der Waals surface area contributed by atoms with Crippen LogP contribution in [0.25, 0.3) is 5.52 Å².